The number of nitrogens with zero attached hydrogens (tertiary/aromatic N) is 2. The molecule has 11 heteroatoms. The van der Waals surface area contributed by atoms with E-state index >= 15 is 0 Å². The number of amides is 1. The van der Waals surface area contributed by atoms with E-state index in [0.29, 0.717) is 43.1 Å². The first kappa shape index (κ1) is 31.2. The average molecular weight is 601 g/mol. The summed E-state index contributed by atoms with van der Waals surface area (Å²) in [5.74, 6) is -0.817. The van der Waals surface area contributed by atoms with E-state index in [1.807, 2.05) is 18.9 Å². The maximum Gasteiger partial charge on any atom is 0.509 e. The Kier molecular flexibility index (Phi) is 9.37. The van der Waals surface area contributed by atoms with Gasteiger partial charge in [-0.3, -0.25) is 4.79 Å². The van der Waals surface area contributed by atoms with Gasteiger partial charge in [0.1, 0.15) is 34.2 Å². The van der Waals surface area contributed by atoms with Gasteiger partial charge in [-0.15, -0.1) is 0 Å². The van der Waals surface area contributed by atoms with Crippen molar-refractivity contribution in [3.63, 3.8) is 0 Å². The van der Waals surface area contributed by atoms with Crippen molar-refractivity contribution in [1.29, 1.82) is 0 Å². The molecule has 1 saturated heterocycles. The molecule has 0 bridgehead atoms. The number of benzene rings is 2. The van der Waals surface area contributed by atoms with Crippen molar-refractivity contribution in [3.8, 4) is 22.8 Å². The highest BCUT2D eigenvalue weighted by molar-refractivity contribution is 6.33. The summed E-state index contributed by atoms with van der Waals surface area (Å²) in [6.07, 6.45) is -1.12. The number of carbonyl (C=O) groups excluding carboxylic acids is 2. The second-order valence-corrected chi connectivity index (χ2v) is 11.9. The summed E-state index contributed by atoms with van der Waals surface area (Å²) in [5, 5.41) is 11.8. The Morgan fingerprint density at radius 1 is 1.21 bits per heavy atom. The second kappa shape index (κ2) is 12.6. The molecule has 0 saturated carbocycles. The van der Waals surface area contributed by atoms with Gasteiger partial charge < -0.3 is 33.5 Å². The SMILES string of the molecule is CCCN(C)C(=O)Oc1cc(O)c([C@H]2CCN(C)C[C@H]2OC(=O)OC(C)(C)C)c2oc(-c3ccccc3Cl)cc(=O)c12. The molecule has 0 spiro atoms. The molecule has 1 aromatic heterocycles. The van der Waals surface area contributed by atoms with Gasteiger partial charge in [0.15, 0.2) is 11.2 Å². The molecule has 1 amide bonds. The number of likely N-dealkylation sites (tertiary alicyclic amines) is 1. The zero-order chi connectivity index (χ0) is 30.8. The predicted molar refractivity (Wildman–Crippen MR) is 160 cm³/mol. The Labute approximate surface area is 249 Å². The molecule has 42 heavy (non-hydrogen) atoms. The number of rotatable bonds is 6. The molecule has 2 heterocycles. The first-order valence-corrected chi connectivity index (χ1v) is 14.3. The monoisotopic (exact) mass is 600 g/mol. The largest absolute Gasteiger partial charge is 0.509 e. The molecule has 1 fully saturated rings. The Morgan fingerprint density at radius 3 is 2.60 bits per heavy atom. The van der Waals surface area contributed by atoms with Crippen LogP contribution in [0.5, 0.6) is 11.5 Å². The molecule has 3 aromatic rings. The third kappa shape index (κ3) is 6.99. The van der Waals surface area contributed by atoms with Crippen LogP contribution in [-0.2, 0) is 9.47 Å². The van der Waals surface area contributed by atoms with Crippen LogP contribution in [0.2, 0.25) is 5.02 Å². The number of carbonyl (C=O) groups is 2. The summed E-state index contributed by atoms with van der Waals surface area (Å²) in [4.78, 5) is 42.6. The number of phenols is 1. The van der Waals surface area contributed by atoms with Gasteiger partial charge in [-0.05, 0) is 59.3 Å². The summed E-state index contributed by atoms with van der Waals surface area (Å²) in [7, 11) is 3.47. The molecule has 0 unspecified atom stereocenters. The van der Waals surface area contributed by atoms with Crippen molar-refractivity contribution in [2.45, 2.75) is 58.2 Å². The number of likely N-dealkylation sites (N-methyl/N-ethyl adjacent to an activating group) is 1. The van der Waals surface area contributed by atoms with Gasteiger partial charge in [-0.25, -0.2) is 9.59 Å². The van der Waals surface area contributed by atoms with E-state index in [4.69, 9.17) is 30.2 Å². The minimum atomic E-state index is -0.848. The fourth-order valence-corrected chi connectivity index (χ4v) is 5.29. The smallest absolute Gasteiger partial charge is 0.507 e. The first-order chi connectivity index (χ1) is 19.8. The molecule has 2 aromatic carbocycles. The molecule has 1 aliphatic heterocycles. The fraction of sp³-hybridized carbons (Fsp3) is 0.452. The topological polar surface area (TPSA) is 119 Å². The van der Waals surface area contributed by atoms with Crippen molar-refractivity contribution in [2.24, 2.45) is 0 Å². The van der Waals surface area contributed by atoms with Crippen molar-refractivity contribution < 1.29 is 33.3 Å². The maximum atomic E-state index is 13.7. The summed E-state index contributed by atoms with van der Waals surface area (Å²) in [6.45, 7) is 8.53. The van der Waals surface area contributed by atoms with E-state index in [1.54, 1.807) is 52.1 Å². The molecule has 226 valence electrons. The second-order valence-electron chi connectivity index (χ2n) is 11.5. The predicted octanol–water partition coefficient (Wildman–Crippen LogP) is 6.40. The summed E-state index contributed by atoms with van der Waals surface area (Å²) < 4.78 is 23.1. The van der Waals surface area contributed by atoms with Gasteiger partial charge in [0.05, 0.1) is 5.02 Å². The molecule has 0 radical (unpaired) electrons. The molecular weight excluding hydrogens is 564 g/mol. The van der Waals surface area contributed by atoms with Crippen LogP contribution in [0.25, 0.3) is 22.3 Å². The number of hydrogen-bond acceptors (Lipinski definition) is 9. The van der Waals surface area contributed by atoms with Gasteiger partial charge in [0.2, 0.25) is 0 Å². The van der Waals surface area contributed by atoms with Crippen LogP contribution in [0.15, 0.2) is 45.6 Å². The normalized spacial score (nSPS) is 17.6. The lowest BCUT2D eigenvalue weighted by molar-refractivity contribution is -0.0461. The molecular formula is C31H37ClN2O8. The third-order valence-corrected chi connectivity index (χ3v) is 7.29. The van der Waals surface area contributed by atoms with E-state index in [1.165, 1.54) is 17.0 Å². The number of fused-ring (bicyclic) bond motifs is 1. The van der Waals surface area contributed by atoms with Crippen molar-refractivity contribution in [2.75, 3.05) is 33.7 Å². The van der Waals surface area contributed by atoms with Gasteiger partial charge in [0, 0.05) is 49.3 Å². The number of hydrogen-bond donors (Lipinski definition) is 1. The van der Waals surface area contributed by atoms with Crippen molar-refractivity contribution in [3.05, 3.63) is 57.2 Å². The van der Waals surface area contributed by atoms with E-state index in [2.05, 4.69) is 0 Å². The lowest BCUT2D eigenvalue weighted by atomic mass is 9.85. The standard InChI is InChI=1S/C31H37ClN2O8/c1-7-13-34(6)29(37)40-24-16-21(35)26(19-12-14-33(5)17-25(19)41-30(38)42-31(2,3)4)28-27(24)22(36)15-23(39-28)18-10-8-9-11-20(18)32/h8-11,15-16,19,25,35H,7,12-14,17H2,1-6H3/t19-,25+/m0/s1. The van der Waals surface area contributed by atoms with Gasteiger partial charge in [0.25, 0.3) is 0 Å². The number of halogens is 1. The van der Waals surface area contributed by atoms with E-state index in [9.17, 15) is 19.5 Å². The van der Waals surface area contributed by atoms with Crippen LogP contribution >= 0.6 is 11.6 Å². The zero-order valence-corrected chi connectivity index (χ0v) is 25.5. The molecule has 10 nitrogen and oxygen atoms in total. The van der Waals surface area contributed by atoms with Crippen LogP contribution in [0.3, 0.4) is 0 Å². The number of piperidine rings is 1. The van der Waals surface area contributed by atoms with E-state index < -0.39 is 35.3 Å². The van der Waals surface area contributed by atoms with E-state index in [0.717, 1.165) is 0 Å². The van der Waals surface area contributed by atoms with Gasteiger partial charge >= 0.3 is 12.2 Å². The average Bonchev–Trinajstić information content (AvgIpc) is 2.88. The number of ether oxygens (including phenoxy) is 3. The summed E-state index contributed by atoms with van der Waals surface area (Å²) in [6, 6.07) is 9.41. The molecule has 2 atom stereocenters. The van der Waals surface area contributed by atoms with Gasteiger partial charge in [-0.2, -0.15) is 0 Å². The summed E-state index contributed by atoms with van der Waals surface area (Å²) >= 11 is 6.43. The lowest BCUT2D eigenvalue weighted by Crippen LogP contribution is -2.44. The highest BCUT2D eigenvalue weighted by atomic mass is 35.5. The first-order valence-electron chi connectivity index (χ1n) is 13.9. The van der Waals surface area contributed by atoms with Crippen LogP contribution in [0, 0.1) is 0 Å². The summed E-state index contributed by atoms with van der Waals surface area (Å²) in [5.41, 5.74) is -0.510. The van der Waals surface area contributed by atoms with Crippen LogP contribution in [-0.4, -0.2) is 72.6 Å². The Bertz CT molecular complexity index is 1530. The molecule has 4 rings (SSSR count). The van der Waals surface area contributed by atoms with Crippen LogP contribution < -0.4 is 10.2 Å². The minimum Gasteiger partial charge on any atom is -0.507 e. The number of aromatic hydroxyl groups is 1. The van der Waals surface area contributed by atoms with Crippen LogP contribution in [0.1, 0.15) is 52.0 Å². The fourth-order valence-electron chi connectivity index (χ4n) is 5.06. The Hall–Kier alpha value is -3.76. The lowest BCUT2D eigenvalue weighted by Gasteiger charge is -2.37. The van der Waals surface area contributed by atoms with Crippen molar-refractivity contribution >= 4 is 34.8 Å². The quantitative estimate of drug-likeness (QED) is 0.321. The van der Waals surface area contributed by atoms with E-state index in [-0.39, 0.29) is 33.8 Å². The molecule has 1 aliphatic rings. The maximum absolute atomic E-state index is 13.7. The highest BCUT2D eigenvalue weighted by Gasteiger charge is 2.38. The minimum absolute atomic E-state index is 0.0192. The van der Waals surface area contributed by atoms with Crippen molar-refractivity contribution in [1.82, 2.24) is 9.80 Å². The van der Waals surface area contributed by atoms with Gasteiger partial charge in [-0.1, -0.05) is 30.7 Å². The van der Waals surface area contributed by atoms with Crippen LogP contribution in [0.4, 0.5) is 9.59 Å². The zero-order valence-electron chi connectivity index (χ0n) is 24.7. The molecule has 0 aliphatic carbocycles. The third-order valence-electron chi connectivity index (χ3n) is 6.96. The Morgan fingerprint density at radius 2 is 1.93 bits per heavy atom. The number of phenolic OH excluding ortho intramolecular Hbond substituents is 1. The molecule has 1 N–H and O–H groups in total. The highest BCUT2D eigenvalue weighted by Crippen LogP contribution is 2.44. The Balaban J connectivity index is 1.91.